The fourth-order valence-corrected chi connectivity index (χ4v) is 3.52. The second-order valence-electron chi connectivity index (χ2n) is 6.73. The summed E-state index contributed by atoms with van der Waals surface area (Å²) >= 11 is 0. The molecular weight excluding hydrogens is 334 g/mol. The number of fused-ring (bicyclic) bond motifs is 1. The molecule has 0 radical (unpaired) electrons. The van der Waals surface area contributed by atoms with Crippen LogP contribution in [0.2, 0.25) is 0 Å². The van der Waals surface area contributed by atoms with Crippen LogP contribution in [0.1, 0.15) is 22.8 Å². The second-order valence-corrected chi connectivity index (χ2v) is 6.73. The zero-order valence-electron chi connectivity index (χ0n) is 15.1. The van der Waals surface area contributed by atoms with Gasteiger partial charge in [0.15, 0.2) is 11.5 Å². The number of anilines is 2. The van der Waals surface area contributed by atoms with Crippen LogP contribution in [0.15, 0.2) is 29.0 Å². The number of likely N-dealkylation sites (N-methyl/N-ethyl adjacent to an activating group) is 1. The molecule has 1 amide bonds. The highest BCUT2D eigenvalue weighted by atomic mass is 16.5. The van der Waals surface area contributed by atoms with E-state index in [1.807, 2.05) is 24.1 Å². The molecular formula is C18H23N5O3. The van der Waals surface area contributed by atoms with Crippen molar-refractivity contribution in [2.45, 2.75) is 19.1 Å². The van der Waals surface area contributed by atoms with Crippen molar-refractivity contribution in [3.05, 3.63) is 36.2 Å². The van der Waals surface area contributed by atoms with Gasteiger partial charge in [0.05, 0.1) is 18.3 Å². The van der Waals surface area contributed by atoms with E-state index in [9.17, 15) is 4.79 Å². The van der Waals surface area contributed by atoms with Crippen molar-refractivity contribution in [2.24, 2.45) is 0 Å². The summed E-state index contributed by atoms with van der Waals surface area (Å²) in [4.78, 5) is 27.7. The summed E-state index contributed by atoms with van der Waals surface area (Å²) in [6.07, 6.45) is 4.46. The van der Waals surface area contributed by atoms with Crippen LogP contribution < -0.4 is 9.80 Å². The van der Waals surface area contributed by atoms with Crippen molar-refractivity contribution >= 4 is 17.4 Å². The normalized spacial score (nSPS) is 20.5. The average Bonchev–Trinajstić information content (AvgIpc) is 3.31. The molecule has 1 atom stereocenters. The number of methoxy groups -OCH3 is 1. The van der Waals surface area contributed by atoms with Gasteiger partial charge in [-0.2, -0.15) is 0 Å². The van der Waals surface area contributed by atoms with Gasteiger partial charge in [0.1, 0.15) is 6.26 Å². The molecule has 26 heavy (non-hydrogen) atoms. The predicted octanol–water partition coefficient (Wildman–Crippen LogP) is 1.39. The van der Waals surface area contributed by atoms with Gasteiger partial charge in [0.25, 0.3) is 5.91 Å². The maximum absolute atomic E-state index is 12.9. The molecule has 2 aliphatic heterocycles. The molecule has 8 nitrogen and oxygen atoms in total. The Bertz CT molecular complexity index is 793. The van der Waals surface area contributed by atoms with Crippen LogP contribution in [0.4, 0.5) is 11.5 Å². The van der Waals surface area contributed by atoms with Crippen molar-refractivity contribution in [3.63, 3.8) is 0 Å². The lowest BCUT2D eigenvalue weighted by atomic mass is 10.2. The fourth-order valence-electron chi connectivity index (χ4n) is 3.52. The third kappa shape index (κ3) is 3.17. The number of amides is 1. The molecule has 4 heterocycles. The lowest BCUT2D eigenvalue weighted by molar-refractivity contribution is 0.0981. The van der Waals surface area contributed by atoms with Gasteiger partial charge in [-0.05, 0) is 18.6 Å². The third-order valence-corrected chi connectivity index (χ3v) is 5.01. The first kappa shape index (κ1) is 17.0. The monoisotopic (exact) mass is 357 g/mol. The summed E-state index contributed by atoms with van der Waals surface area (Å²) in [5, 5.41) is 0. The maximum atomic E-state index is 12.9. The Hall–Kier alpha value is -2.45. The van der Waals surface area contributed by atoms with Gasteiger partial charge in [-0.15, -0.1) is 0 Å². The van der Waals surface area contributed by atoms with E-state index < -0.39 is 0 Å². The van der Waals surface area contributed by atoms with E-state index in [2.05, 4.69) is 14.9 Å². The summed E-state index contributed by atoms with van der Waals surface area (Å²) in [5.41, 5.74) is 1.14. The number of pyridine rings is 1. The van der Waals surface area contributed by atoms with Gasteiger partial charge in [-0.1, -0.05) is 0 Å². The van der Waals surface area contributed by atoms with Crippen molar-refractivity contribution < 1.29 is 13.9 Å². The maximum Gasteiger partial charge on any atom is 0.280 e. The van der Waals surface area contributed by atoms with Crippen LogP contribution in [0.3, 0.4) is 0 Å². The van der Waals surface area contributed by atoms with Gasteiger partial charge in [0, 0.05) is 46.5 Å². The minimum atomic E-state index is -0.154. The van der Waals surface area contributed by atoms with Crippen molar-refractivity contribution in [3.8, 4) is 0 Å². The number of oxazole rings is 1. The molecule has 2 aromatic heterocycles. The van der Waals surface area contributed by atoms with E-state index >= 15 is 0 Å². The summed E-state index contributed by atoms with van der Waals surface area (Å²) < 4.78 is 10.9. The summed E-state index contributed by atoms with van der Waals surface area (Å²) in [6, 6.07) is 3.75. The number of likely N-dealkylation sites (tertiary alicyclic amines) is 1. The highest BCUT2D eigenvalue weighted by Gasteiger charge is 2.29. The fraction of sp³-hybridized carbons (Fsp3) is 0.500. The first-order valence-electron chi connectivity index (χ1n) is 8.83. The van der Waals surface area contributed by atoms with E-state index in [1.165, 1.54) is 6.26 Å². The lowest BCUT2D eigenvalue weighted by Crippen LogP contribution is -2.43. The Morgan fingerprint density at radius 3 is 3.08 bits per heavy atom. The molecule has 0 N–H and O–H groups in total. The molecule has 4 rings (SSSR count). The van der Waals surface area contributed by atoms with Crippen molar-refractivity contribution in [2.75, 3.05) is 50.1 Å². The number of hydrogen-bond acceptors (Lipinski definition) is 7. The van der Waals surface area contributed by atoms with Gasteiger partial charge in [0.2, 0.25) is 5.89 Å². The Labute approximate surface area is 152 Å². The number of hydrogen-bond donors (Lipinski definition) is 0. The van der Waals surface area contributed by atoms with E-state index in [-0.39, 0.29) is 12.0 Å². The number of nitrogens with zero attached hydrogens (tertiary/aromatic N) is 5. The molecule has 0 unspecified atom stereocenters. The van der Waals surface area contributed by atoms with Crippen LogP contribution in [0.25, 0.3) is 0 Å². The highest BCUT2D eigenvalue weighted by Crippen LogP contribution is 2.30. The number of carbonyl (C=O) groups excluding carboxylic acids is 1. The van der Waals surface area contributed by atoms with Crippen LogP contribution in [-0.4, -0.2) is 67.2 Å². The van der Waals surface area contributed by atoms with Gasteiger partial charge < -0.3 is 19.0 Å². The minimum absolute atomic E-state index is 0.154. The molecule has 8 heteroatoms. The summed E-state index contributed by atoms with van der Waals surface area (Å²) in [5.74, 6) is 1.21. The SMILES string of the molecule is CO[C@H]1CCN(Cc2nc(C(=O)N3CCN(C)c4ncccc43)co2)C1. The van der Waals surface area contributed by atoms with Gasteiger partial charge in [-0.25, -0.2) is 9.97 Å². The average molecular weight is 357 g/mol. The van der Waals surface area contributed by atoms with Gasteiger partial charge >= 0.3 is 0 Å². The van der Waals surface area contributed by atoms with E-state index in [4.69, 9.17) is 9.15 Å². The molecule has 0 saturated carbocycles. The molecule has 2 aliphatic rings. The molecule has 2 aromatic rings. The first-order chi connectivity index (χ1) is 12.7. The summed E-state index contributed by atoms with van der Waals surface area (Å²) in [7, 11) is 3.71. The minimum Gasteiger partial charge on any atom is -0.447 e. The zero-order valence-corrected chi connectivity index (χ0v) is 15.1. The van der Waals surface area contributed by atoms with Crippen LogP contribution >= 0.6 is 0 Å². The Balaban J connectivity index is 1.48. The smallest absolute Gasteiger partial charge is 0.280 e. The number of carbonyl (C=O) groups is 1. The number of aromatic nitrogens is 2. The van der Waals surface area contributed by atoms with Crippen LogP contribution in [0.5, 0.6) is 0 Å². The standard InChI is InChI=1S/C18H23N5O3/c1-21-8-9-23(15-4-3-6-19-17(15)21)18(24)14-12-26-16(20-14)11-22-7-5-13(10-22)25-2/h3-4,6,12-13H,5,7-11H2,1-2H3/t13-/m0/s1. The first-order valence-corrected chi connectivity index (χ1v) is 8.83. The van der Waals surface area contributed by atoms with Crippen molar-refractivity contribution in [1.82, 2.24) is 14.9 Å². The highest BCUT2D eigenvalue weighted by molar-refractivity contribution is 6.06. The molecule has 0 aromatic carbocycles. The van der Waals surface area contributed by atoms with Crippen molar-refractivity contribution in [1.29, 1.82) is 0 Å². The molecule has 1 saturated heterocycles. The third-order valence-electron chi connectivity index (χ3n) is 5.01. The van der Waals surface area contributed by atoms with Crippen LogP contribution in [0, 0.1) is 0 Å². The molecule has 1 fully saturated rings. The Kier molecular flexibility index (Phi) is 4.60. The number of ether oxygens (including phenoxy) is 1. The predicted molar refractivity (Wildman–Crippen MR) is 96.4 cm³/mol. The topological polar surface area (TPSA) is 74.9 Å². The number of rotatable bonds is 4. The molecule has 0 aliphatic carbocycles. The van der Waals surface area contributed by atoms with E-state index in [1.54, 1.807) is 18.2 Å². The second kappa shape index (κ2) is 7.05. The molecule has 0 spiro atoms. The molecule has 0 bridgehead atoms. The summed E-state index contributed by atoms with van der Waals surface area (Å²) in [6.45, 7) is 3.72. The molecule has 138 valence electrons. The Morgan fingerprint density at radius 2 is 2.27 bits per heavy atom. The van der Waals surface area contributed by atoms with E-state index in [0.717, 1.165) is 37.6 Å². The van der Waals surface area contributed by atoms with Gasteiger partial charge in [-0.3, -0.25) is 9.69 Å². The quantitative estimate of drug-likeness (QED) is 0.818. The lowest BCUT2D eigenvalue weighted by Gasteiger charge is -2.34. The zero-order chi connectivity index (χ0) is 18.1. The van der Waals surface area contributed by atoms with Crippen LogP contribution in [-0.2, 0) is 11.3 Å². The largest absolute Gasteiger partial charge is 0.447 e. The van der Waals surface area contributed by atoms with E-state index in [0.29, 0.717) is 24.7 Å². The Morgan fingerprint density at radius 1 is 1.38 bits per heavy atom.